The smallest absolute Gasteiger partial charge is 0.226 e. The van der Waals surface area contributed by atoms with E-state index in [9.17, 15) is 60.0 Å². The second-order valence-corrected chi connectivity index (χ2v) is 39.9. The van der Waals surface area contributed by atoms with Gasteiger partial charge in [0.1, 0.15) is 48.8 Å². The van der Waals surface area contributed by atoms with E-state index < -0.39 is 87.9 Å². The molecule has 4 aliphatic heterocycles. The number of ketones is 4. The number of allylic oxidation sites excluding steroid dienone is 10. The zero-order valence-electron chi connectivity index (χ0n) is 69.4. The van der Waals surface area contributed by atoms with Gasteiger partial charge in [0.15, 0.2) is 50.3 Å². The van der Waals surface area contributed by atoms with E-state index in [4.69, 9.17) is 37.9 Å². The number of Topliss-reactive ketones (excluding diaryl/α,β-unsaturated/α-hetero) is 2. The third-order valence-electron chi connectivity index (χ3n) is 36.6. The maximum absolute atomic E-state index is 12.4. The highest BCUT2D eigenvalue weighted by molar-refractivity contribution is 5.92. The van der Waals surface area contributed by atoms with E-state index in [0.717, 1.165) is 116 Å². The van der Waals surface area contributed by atoms with Crippen molar-refractivity contribution in [3.63, 3.8) is 0 Å². The normalized spacial score (nSPS) is 52.2. The molecule has 20 nitrogen and oxygen atoms in total. The van der Waals surface area contributed by atoms with Crippen molar-refractivity contribution in [2.24, 2.45) is 114 Å². The fraction of sp³-hybridized carbons (Fsp3) is 0.826. The van der Waals surface area contributed by atoms with Crippen molar-refractivity contribution in [3.8, 4) is 0 Å². The Balaban J connectivity index is 0.000000117. The number of hydrogen-bond acceptors (Lipinski definition) is 20. The van der Waals surface area contributed by atoms with Gasteiger partial charge in [-0.25, -0.2) is 0 Å². The lowest BCUT2D eigenvalue weighted by Gasteiger charge is -2.61. The minimum atomic E-state index is -1.54. The number of hydrogen-bond donors (Lipinski definition) is 8. The van der Waals surface area contributed by atoms with Crippen LogP contribution in [0.15, 0.2) is 70.9 Å². The minimum Gasteiger partial charge on any atom is -0.393 e. The van der Waals surface area contributed by atoms with E-state index in [2.05, 4.69) is 78.0 Å². The van der Waals surface area contributed by atoms with Crippen LogP contribution >= 0.6 is 0 Å². The lowest BCUT2D eigenvalue weighted by molar-refractivity contribution is -0.257. The van der Waals surface area contributed by atoms with Gasteiger partial charge in [0.05, 0.1) is 24.4 Å². The summed E-state index contributed by atoms with van der Waals surface area (Å²) in [6, 6.07) is 0. The van der Waals surface area contributed by atoms with E-state index in [1.165, 1.54) is 28.7 Å². The fourth-order valence-corrected chi connectivity index (χ4v) is 31.5. The standard InChI is InChI=1S/C23H32O6.C23H32O5.C21H30O5.C21H30O4.2C2H6/c1-20-7-5-15(24)9-14(20)3-4-16-17-6-8-22(21(17,2)10-18(25)19(16)20)23(29-13-27-22)11-26-12-28-23;1-20-9-4-3-5-15(20)6-7-16-17-8-10-22(21(17,2)11-18(24)19(16)20)23(28-14-26-22)12-25-13-27-23;1-19-7-5-13(23)9-12(19)3-4-14-15-6-8-21(26,17(25)11-22)20(15,2)10-16(24)18(14)19;1-19-9-4-3-5-13(19)6-7-14-15-8-10-21(25,17(24)12-22)20(15,2)11-16(23)18(14)19;2*1-2/h9,16-19,25H,3-8,10-13H2,1-2H3;3-5,16-19,24H,6-14H2,1-2H3;9,14-16,18,22,24,26H,3-8,10-11H2,1-2H3;3-5,14-16,18,22-23,25H,6-12H2,1-2H3;2*1-2H3/t2*16-,17-,18-,19+,20-,21-,22+,23?;2*14-,15-,16-,18+,19-,20-,21-;;/m0000../s1. The number of ether oxygens (including phenoxy) is 8. The average Bonchev–Trinajstić information content (AvgIpc) is 1.50. The Hall–Kier alpha value is -3.52. The first kappa shape index (κ1) is 83.5. The molecule has 0 aromatic rings. The van der Waals surface area contributed by atoms with Gasteiger partial charge in [-0.05, 0) is 259 Å². The van der Waals surface area contributed by atoms with Crippen LogP contribution in [0.4, 0.5) is 0 Å². The average molecular weight is 1560 g/mol. The van der Waals surface area contributed by atoms with Gasteiger partial charge in [-0.1, -0.05) is 142 Å². The summed E-state index contributed by atoms with van der Waals surface area (Å²) in [5.41, 5.74) is -0.578. The van der Waals surface area contributed by atoms with Crippen LogP contribution in [0.25, 0.3) is 0 Å². The van der Waals surface area contributed by atoms with Crippen molar-refractivity contribution in [2.75, 3.05) is 53.6 Å². The number of fused-ring (bicyclic) bond motifs is 24. The number of aliphatic hydroxyl groups excluding tert-OH is 6. The topological polar surface area (TPSA) is 304 Å². The molecule has 624 valence electrons. The van der Waals surface area contributed by atoms with Gasteiger partial charge in [0.2, 0.25) is 11.6 Å². The summed E-state index contributed by atoms with van der Waals surface area (Å²) in [5, 5.41) is 86.6. The Morgan fingerprint density at radius 1 is 0.393 bits per heavy atom. The highest BCUT2D eigenvalue weighted by Crippen LogP contribution is 2.76. The molecular formula is C92H136O20. The molecule has 16 fully saturated rings. The van der Waals surface area contributed by atoms with Gasteiger partial charge in [0.25, 0.3) is 0 Å². The van der Waals surface area contributed by atoms with E-state index in [0.29, 0.717) is 93.7 Å². The van der Waals surface area contributed by atoms with Crippen molar-refractivity contribution in [3.05, 3.63) is 70.9 Å². The maximum atomic E-state index is 12.4. The molecule has 0 aromatic carbocycles. The van der Waals surface area contributed by atoms with E-state index in [1.807, 2.05) is 47.6 Å². The molecule has 112 heavy (non-hydrogen) atoms. The Labute approximate surface area is 665 Å². The summed E-state index contributed by atoms with van der Waals surface area (Å²) in [6.45, 7) is 26.2. The van der Waals surface area contributed by atoms with E-state index >= 15 is 0 Å². The molecule has 0 bridgehead atoms. The van der Waals surface area contributed by atoms with Gasteiger partial charge in [0, 0.05) is 34.5 Å². The molecule has 30 atom stereocenters. The van der Waals surface area contributed by atoms with Crippen molar-refractivity contribution in [2.45, 2.75) is 308 Å². The summed E-state index contributed by atoms with van der Waals surface area (Å²) in [5.74, 6) is 1.46. The van der Waals surface area contributed by atoms with Crippen LogP contribution in [0.2, 0.25) is 0 Å². The molecule has 20 aliphatic rings. The van der Waals surface area contributed by atoms with Crippen LogP contribution in [0.1, 0.15) is 250 Å². The molecule has 16 aliphatic carbocycles. The summed E-state index contributed by atoms with van der Waals surface area (Å²) in [6.07, 6.45) is 36.6. The SMILES string of the molecule is CC.CC.C[C@]12CC=CC=C1CC[C@@H]1[C@@H]2[C@@H](O)C[C@@]2(C)[C@H]1CC[C@@]21OCOC12COCO2.C[C@]12CC=CC=C1CC[C@@H]1[C@@H]2[C@@H](O)C[C@@]2(C)[C@H]1CC[C@]2(O)C(=O)CO.C[C@]12CCC(=O)C=C1CC[C@@H]1[C@@H]2[C@@H](O)C[C@@]2(C)[C@H]1CC[C@@]21OCOC12COCO2.C[C@]12CCC(=O)C=C1CC[C@@H]1[C@@H]2[C@@H](O)C[C@@]2(C)[C@H]1CC[C@]2(O)C(=O)CO. The predicted molar refractivity (Wildman–Crippen MR) is 417 cm³/mol. The number of carbonyl (C=O) groups excluding carboxylic acids is 4. The fourth-order valence-electron chi connectivity index (χ4n) is 31.5. The van der Waals surface area contributed by atoms with Crippen LogP contribution in [-0.2, 0) is 57.1 Å². The molecule has 12 saturated carbocycles. The van der Waals surface area contributed by atoms with Crippen LogP contribution in [0.3, 0.4) is 0 Å². The van der Waals surface area contributed by atoms with Crippen molar-refractivity contribution in [1.29, 1.82) is 0 Å². The van der Waals surface area contributed by atoms with E-state index in [1.54, 1.807) is 6.08 Å². The molecule has 0 amide bonds. The molecule has 4 saturated heterocycles. The molecule has 8 N–H and O–H groups in total. The predicted octanol–water partition coefficient (Wildman–Crippen LogP) is 12.7. The first-order valence-corrected chi connectivity index (χ1v) is 43.9. The molecule has 20 rings (SSSR count). The largest absolute Gasteiger partial charge is 0.393 e. The van der Waals surface area contributed by atoms with Crippen LogP contribution in [0.5, 0.6) is 0 Å². The van der Waals surface area contributed by atoms with Crippen molar-refractivity contribution < 1.29 is 97.9 Å². The molecule has 2 unspecified atom stereocenters. The third-order valence-corrected chi connectivity index (χ3v) is 36.6. The highest BCUT2D eigenvalue weighted by Gasteiger charge is 2.80. The van der Waals surface area contributed by atoms with Crippen LogP contribution < -0.4 is 0 Å². The quantitative estimate of drug-likeness (QED) is 0.130. The van der Waals surface area contributed by atoms with Gasteiger partial charge in [-0.2, -0.15) is 0 Å². The first-order chi connectivity index (χ1) is 53.3. The minimum absolute atomic E-state index is 0.0138. The second-order valence-electron chi connectivity index (χ2n) is 39.9. The summed E-state index contributed by atoms with van der Waals surface area (Å²) in [7, 11) is 0. The van der Waals surface area contributed by atoms with Gasteiger partial charge in [-0.3, -0.25) is 19.2 Å². The molecular weight excluding hydrogens is 1420 g/mol. The van der Waals surface area contributed by atoms with Crippen molar-refractivity contribution in [1.82, 2.24) is 0 Å². The molecule has 4 heterocycles. The third kappa shape index (κ3) is 11.5. The first-order valence-electron chi connectivity index (χ1n) is 43.9. The molecule has 20 heteroatoms. The van der Waals surface area contributed by atoms with Gasteiger partial charge < -0.3 is 78.7 Å². The summed E-state index contributed by atoms with van der Waals surface area (Å²) >= 11 is 0. The van der Waals surface area contributed by atoms with Gasteiger partial charge >= 0.3 is 0 Å². The lowest BCUT2D eigenvalue weighted by Crippen LogP contribution is -2.66. The molecule has 4 spiro atoms. The molecule has 0 radical (unpaired) electrons. The number of rotatable bonds is 4. The Kier molecular flexibility index (Phi) is 22.2. The highest BCUT2D eigenvalue weighted by atomic mass is 16.9. The Morgan fingerprint density at radius 3 is 1.04 bits per heavy atom. The lowest BCUT2D eigenvalue weighted by atomic mass is 9.45. The number of carbonyl (C=O) groups is 4. The molecule has 0 aromatic heterocycles. The Morgan fingerprint density at radius 2 is 0.705 bits per heavy atom. The monoisotopic (exact) mass is 1560 g/mol. The maximum Gasteiger partial charge on any atom is 0.226 e. The second kappa shape index (κ2) is 29.7. The summed E-state index contributed by atoms with van der Waals surface area (Å²) < 4.78 is 48.2. The number of aliphatic hydroxyl groups is 8. The van der Waals surface area contributed by atoms with Crippen molar-refractivity contribution >= 4 is 23.1 Å². The summed E-state index contributed by atoms with van der Waals surface area (Å²) in [4.78, 5) is 48.7. The van der Waals surface area contributed by atoms with E-state index in [-0.39, 0.29) is 113 Å². The zero-order valence-corrected chi connectivity index (χ0v) is 69.4. The Bertz CT molecular complexity index is 3800. The zero-order chi connectivity index (χ0) is 80.2. The van der Waals surface area contributed by atoms with Crippen LogP contribution in [0, 0.1) is 114 Å². The van der Waals surface area contributed by atoms with Gasteiger partial charge in [-0.15, -0.1) is 0 Å². The van der Waals surface area contributed by atoms with Crippen LogP contribution in [-0.4, -0.2) is 176 Å².